The SMILES string of the molecule is CC(C)C(=O)CCOCCCCCC(C)(C)C. The third-order valence-corrected chi connectivity index (χ3v) is 2.85. The molecule has 2 heteroatoms. The molecule has 0 aromatic heterocycles. The number of hydrogen-bond donors (Lipinski definition) is 0. The van der Waals surface area contributed by atoms with Crippen LogP contribution in [0.4, 0.5) is 0 Å². The average Bonchev–Trinajstić information content (AvgIpc) is 2.19. The lowest BCUT2D eigenvalue weighted by atomic mass is 9.89. The lowest BCUT2D eigenvalue weighted by Gasteiger charge is -2.17. The normalized spacial score (nSPS) is 12.1. The molecule has 0 amide bonds. The number of ketones is 1. The monoisotopic (exact) mass is 242 g/mol. The van der Waals surface area contributed by atoms with Crippen molar-refractivity contribution in [1.82, 2.24) is 0 Å². The summed E-state index contributed by atoms with van der Waals surface area (Å²) in [6.07, 6.45) is 5.47. The average molecular weight is 242 g/mol. The summed E-state index contributed by atoms with van der Waals surface area (Å²) in [4.78, 5) is 11.3. The Hall–Kier alpha value is -0.370. The Morgan fingerprint density at radius 3 is 2.24 bits per heavy atom. The van der Waals surface area contributed by atoms with Gasteiger partial charge in [0.25, 0.3) is 0 Å². The summed E-state index contributed by atoms with van der Waals surface area (Å²) < 4.78 is 5.47. The minimum absolute atomic E-state index is 0.144. The standard InChI is InChI=1S/C15H30O2/c1-13(2)14(16)9-12-17-11-8-6-7-10-15(3,4)5/h13H,6-12H2,1-5H3. The molecule has 17 heavy (non-hydrogen) atoms. The van der Waals surface area contributed by atoms with Gasteiger partial charge in [0, 0.05) is 18.9 Å². The molecule has 0 spiro atoms. The first kappa shape index (κ1) is 16.6. The molecule has 0 radical (unpaired) electrons. The van der Waals surface area contributed by atoms with Gasteiger partial charge in [-0.25, -0.2) is 0 Å². The number of Topliss-reactive ketones (excluding diaryl/α,β-unsaturated/α-hetero) is 1. The first-order chi connectivity index (χ1) is 7.83. The van der Waals surface area contributed by atoms with Crippen LogP contribution in [0.15, 0.2) is 0 Å². The van der Waals surface area contributed by atoms with Crippen molar-refractivity contribution < 1.29 is 9.53 Å². The van der Waals surface area contributed by atoms with Crippen molar-refractivity contribution in [3.63, 3.8) is 0 Å². The molecule has 0 aliphatic carbocycles. The van der Waals surface area contributed by atoms with Gasteiger partial charge in [-0.05, 0) is 18.3 Å². The summed E-state index contributed by atoms with van der Waals surface area (Å²) in [5, 5.41) is 0. The third-order valence-electron chi connectivity index (χ3n) is 2.85. The van der Waals surface area contributed by atoms with E-state index in [-0.39, 0.29) is 5.92 Å². The minimum atomic E-state index is 0.144. The largest absolute Gasteiger partial charge is 0.381 e. The molecular formula is C15H30O2. The van der Waals surface area contributed by atoms with Gasteiger partial charge in [-0.15, -0.1) is 0 Å². The molecule has 0 unspecified atom stereocenters. The van der Waals surface area contributed by atoms with Gasteiger partial charge in [0.15, 0.2) is 0 Å². The maximum atomic E-state index is 11.3. The van der Waals surface area contributed by atoms with Crippen LogP contribution < -0.4 is 0 Å². The van der Waals surface area contributed by atoms with Crippen molar-refractivity contribution in [1.29, 1.82) is 0 Å². The predicted octanol–water partition coefficient (Wildman–Crippen LogP) is 4.22. The zero-order valence-electron chi connectivity index (χ0n) is 12.3. The lowest BCUT2D eigenvalue weighted by Crippen LogP contribution is -2.10. The second-order valence-electron chi connectivity index (χ2n) is 6.35. The molecule has 0 heterocycles. The van der Waals surface area contributed by atoms with Gasteiger partial charge in [-0.1, -0.05) is 47.5 Å². The molecular weight excluding hydrogens is 212 g/mol. The van der Waals surface area contributed by atoms with Gasteiger partial charge in [0.2, 0.25) is 0 Å². The Morgan fingerprint density at radius 2 is 1.71 bits per heavy atom. The zero-order valence-corrected chi connectivity index (χ0v) is 12.3. The Bertz CT molecular complexity index is 201. The fraction of sp³-hybridized carbons (Fsp3) is 0.933. The van der Waals surface area contributed by atoms with E-state index in [4.69, 9.17) is 4.74 Å². The molecule has 0 rings (SSSR count). The molecule has 102 valence electrons. The number of hydrogen-bond acceptors (Lipinski definition) is 2. The third kappa shape index (κ3) is 11.9. The molecule has 0 atom stereocenters. The summed E-state index contributed by atoms with van der Waals surface area (Å²) in [5.74, 6) is 0.447. The molecule has 0 aromatic rings. The van der Waals surface area contributed by atoms with Crippen molar-refractivity contribution in [3.8, 4) is 0 Å². The highest BCUT2D eigenvalue weighted by Gasteiger charge is 2.09. The lowest BCUT2D eigenvalue weighted by molar-refractivity contribution is -0.122. The molecule has 2 nitrogen and oxygen atoms in total. The fourth-order valence-corrected chi connectivity index (χ4v) is 1.60. The number of carbonyl (C=O) groups is 1. The molecule has 0 fully saturated rings. The summed E-state index contributed by atoms with van der Waals surface area (Å²) in [6, 6.07) is 0. The van der Waals surface area contributed by atoms with Gasteiger partial charge in [-0.2, -0.15) is 0 Å². The van der Waals surface area contributed by atoms with E-state index in [1.807, 2.05) is 13.8 Å². The van der Waals surface area contributed by atoms with E-state index in [0.717, 1.165) is 13.0 Å². The Labute approximate surface area is 107 Å². The summed E-state index contributed by atoms with van der Waals surface area (Å²) >= 11 is 0. The van der Waals surface area contributed by atoms with Crippen LogP contribution in [0.3, 0.4) is 0 Å². The first-order valence-electron chi connectivity index (χ1n) is 6.93. The predicted molar refractivity (Wildman–Crippen MR) is 73.2 cm³/mol. The highest BCUT2D eigenvalue weighted by atomic mass is 16.5. The summed E-state index contributed by atoms with van der Waals surface area (Å²) in [7, 11) is 0. The van der Waals surface area contributed by atoms with Crippen molar-refractivity contribution >= 4 is 5.78 Å². The molecule has 0 bridgehead atoms. The van der Waals surface area contributed by atoms with Crippen LogP contribution in [0.2, 0.25) is 0 Å². The van der Waals surface area contributed by atoms with Crippen LogP contribution in [0.1, 0.15) is 66.7 Å². The van der Waals surface area contributed by atoms with Crippen molar-refractivity contribution in [3.05, 3.63) is 0 Å². The van der Waals surface area contributed by atoms with Crippen molar-refractivity contribution in [2.24, 2.45) is 11.3 Å². The molecule has 0 aliphatic heterocycles. The Balaban J connectivity index is 3.22. The maximum Gasteiger partial charge on any atom is 0.137 e. The number of ether oxygens (including phenoxy) is 1. The van der Waals surface area contributed by atoms with E-state index >= 15 is 0 Å². The summed E-state index contributed by atoms with van der Waals surface area (Å²) in [6.45, 7) is 12.1. The highest BCUT2D eigenvalue weighted by molar-refractivity contribution is 5.80. The number of carbonyl (C=O) groups excluding carboxylic acids is 1. The first-order valence-corrected chi connectivity index (χ1v) is 6.93. The van der Waals surface area contributed by atoms with Gasteiger partial charge < -0.3 is 4.74 Å². The number of unbranched alkanes of at least 4 members (excludes halogenated alkanes) is 2. The molecule has 0 aromatic carbocycles. The van der Waals surface area contributed by atoms with Crippen molar-refractivity contribution in [2.75, 3.05) is 13.2 Å². The van der Waals surface area contributed by atoms with E-state index in [9.17, 15) is 4.79 Å². The maximum absolute atomic E-state index is 11.3. The molecule has 0 saturated heterocycles. The smallest absolute Gasteiger partial charge is 0.137 e. The second kappa shape index (κ2) is 8.68. The van der Waals surface area contributed by atoms with E-state index in [1.54, 1.807) is 0 Å². The van der Waals surface area contributed by atoms with Gasteiger partial charge in [0.1, 0.15) is 5.78 Å². The van der Waals surface area contributed by atoms with Gasteiger partial charge in [-0.3, -0.25) is 4.79 Å². The molecule has 0 N–H and O–H groups in total. The van der Waals surface area contributed by atoms with Gasteiger partial charge in [0.05, 0.1) is 6.61 Å². The highest BCUT2D eigenvalue weighted by Crippen LogP contribution is 2.21. The summed E-state index contributed by atoms with van der Waals surface area (Å²) in [5.41, 5.74) is 0.449. The van der Waals surface area contributed by atoms with Crippen LogP contribution in [0.5, 0.6) is 0 Å². The van der Waals surface area contributed by atoms with Crippen molar-refractivity contribution in [2.45, 2.75) is 66.7 Å². The Kier molecular flexibility index (Phi) is 8.49. The zero-order chi connectivity index (χ0) is 13.3. The quantitative estimate of drug-likeness (QED) is 0.566. The fourth-order valence-electron chi connectivity index (χ4n) is 1.60. The van der Waals surface area contributed by atoms with Crippen LogP contribution in [-0.2, 0) is 9.53 Å². The second-order valence-corrected chi connectivity index (χ2v) is 6.35. The van der Waals surface area contributed by atoms with Crippen LogP contribution in [0, 0.1) is 11.3 Å². The van der Waals surface area contributed by atoms with E-state index < -0.39 is 0 Å². The van der Waals surface area contributed by atoms with E-state index in [1.165, 1.54) is 19.3 Å². The number of rotatable bonds is 9. The van der Waals surface area contributed by atoms with Crippen LogP contribution in [0.25, 0.3) is 0 Å². The Morgan fingerprint density at radius 1 is 1.06 bits per heavy atom. The van der Waals surface area contributed by atoms with E-state index in [0.29, 0.717) is 24.2 Å². The van der Waals surface area contributed by atoms with Crippen LogP contribution >= 0.6 is 0 Å². The van der Waals surface area contributed by atoms with E-state index in [2.05, 4.69) is 20.8 Å². The minimum Gasteiger partial charge on any atom is -0.381 e. The van der Waals surface area contributed by atoms with Gasteiger partial charge >= 0.3 is 0 Å². The molecule has 0 saturated carbocycles. The topological polar surface area (TPSA) is 26.3 Å². The molecule has 0 aliphatic rings. The van der Waals surface area contributed by atoms with Crippen LogP contribution in [-0.4, -0.2) is 19.0 Å².